The van der Waals surface area contributed by atoms with Crippen LogP contribution in [0.1, 0.15) is 19.5 Å². The van der Waals surface area contributed by atoms with Gasteiger partial charge in [0.05, 0.1) is 5.60 Å². The van der Waals surface area contributed by atoms with Crippen molar-refractivity contribution in [1.29, 1.82) is 0 Å². The van der Waals surface area contributed by atoms with Crippen molar-refractivity contribution >= 4 is 20.9 Å². The van der Waals surface area contributed by atoms with Crippen LogP contribution in [0.4, 0.5) is 0 Å². The van der Waals surface area contributed by atoms with Gasteiger partial charge in [0.15, 0.2) is 0 Å². The minimum Gasteiger partial charge on any atom is -0.389 e. The van der Waals surface area contributed by atoms with Crippen molar-refractivity contribution in [2.45, 2.75) is 31.3 Å². The molecule has 0 atom stereocenters. The van der Waals surface area contributed by atoms with Crippen molar-refractivity contribution in [3.63, 3.8) is 0 Å². The Kier molecular flexibility index (Phi) is 4.70. The van der Waals surface area contributed by atoms with Gasteiger partial charge in [-0.25, -0.2) is 8.42 Å². The highest BCUT2D eigenvalue weighted by Gasteiger charge is 2.33. The molecule has 2 aromatic rings. The minimum absolute atomic E-state index is 0.418. The first-order chi connectivity index (χ1) is 11.6. The maximum Gasteiger partial charge on any atom is 0.245 e. The summed E-state index contributed by atoms with van der Waals surface area (Å²) >= 11 is 0. The zero-order chi connectivity index (χ0) is 18.4. The number of sulfonamides is 1. The number of piperazine rings is 1. The van der Waals surface area contributed by atoms with Crippen molar-refractivity contribution in [2.24, 2.45) is 7.05 Å². The van der Waals surface area contributed by atoms with Crippen LogP contribution in [0.15, 0.2) is 29.2 Å². The summed E-state index contributed by atoms with van der Waals surface area (Å²) in [5.74, 6) is 0. The average Bonchev–Trinajstić information content (AvgIpc) is 2.79. The molecule has 7 heteroatoms. The topological polar surface area (TPSA) is 65.8 Å². The van der Waals surface area contributed by atoms with Crippen LogP contribution in [-0.4, -0.2) is 65.6 Å². The van der Waals surface area contributed by atoms with Crippen LogP contribution in [0.25, 0.3) is 10.9 Å². The Morgan fingerprint density at radius 3 is 2.32 bits per heavy atom. The molecule has 6 nitrogen and oxygen atoms in total. The molecule has 0 radical (unpaired) electrons. The Hall–Kier alpha value is -1.41. The molecular formula is C18H27N3O3S. The highest BCUT2D eigenvalue weighted by atomic mass is 32.2. The van der Waals surface area contributed by atoms with Crippen LogP contribution in [0.2, 0.25) is 0 Å². The van der Waals surface area contributed by atoms with Crippen LogP contribution in [0.5, 0.6) is 0 Å². The largest absolute Gasteiger partial charge is 0.389 e. The quantitative estimate of drug-likeness (QED) is 0.893. The number of para-hydroxylation sites is 1. The molecule has 0 spiro atoms. The van der Waals surface area contributed by atoms with E-state index in [1.165, 1.54) is 0 Å². The van der Waals surface area contributed by atoms with Crippen LogP contribution >= 0.6 is 0 Å². The number of nitrogens with zero attached hydrogens (tertiary/aromatic N) is 3. The van der Waals surface area contributed by atoms with Gasteiger partial charge in [-0.2, -0.15) is 4.31 Å². The molecule has 25 heavy (non-hydrogen) atoms. The summed E-state index contributed by atoms with van der Waals surface area (Å²) < 4.78 is 30.1. The Balaban J connectivity index is 1.88. The summed E-state index contributed by atoms with van der Waals surface area (Å²) in [5.41, 5.74) is 0.923. The minimum atomic E-state index is -3.54. The number of aliphatic hydroxyl groups is 1. The Labute approximate surface area is 149 Å². The van der Waals surface area contributed by atoms with E-state index in [9.17, 15) is 13.5 Å². The fraction of sp³-hybridized carbons (Fsp3) is 0.556. The highest BCUT2D eigenvalue weighted by molar-refractivity contribution is 7.89. The molecule has 0 amide bonds. The number of aryl methyl sites for hydroxylation is 1. The molecule has 0 aliphatic carbocycles. The van der Waals surface area contributed by atoms with E-state index in [1.54, 1.807) is 18.2 Å². The second-order valence-corrected chi connectivity index (χ2v) is 9.36. The van der Waals surface area contributed by atoms with Gasteiger partial charge >= 0.3 is 0 Å². The van der Waals surface area contributed by atoms with Gasteiger partial charge in [0.1, 0.15) is 4.90 Å². The predicted molar refractivity (Wildman–Crippen MR) is 99.2 cm³/mol. The number of hydrogen-bond acceptors (Lipinski definition) is 4. The standard InChI is InChI=1S/C18H27N3O3S/c1-14-17(15-7-5-6-8-16(15)19(14)4)25(23,24)21-11-9-20(10-12-21)13-18(2,3)22/h5-8,22H,9-13H2,1-4H3. The molecule has 1 fully saturated rings. The average molecular weight is 365 g/mol. The normalized spacial score (nSPS) is 18.1. The van der Waals surface area contributed by atoms with E-state index < -0.39 is 15.6 Å². The van der Waals surface area contributed by atoms with Gasteiger partial charge in [0, 0.05) is 56.4 Å². The molecule has 0 saturated carbocycles. The molecule has 138 valence electrons. The SMILES string of the molecule is Cc1c(S(=O)(=O)N2CCN(CC(C)(C)O)CC2)c2ccccc2n1C. The monoisotopic (exact) mass is 365 g/mol. The van der Waals surface area contributed by atoms with Crippen molar-refractivity contribution in [3.8, 4) is 0 Å². The van der Waals surface area contributed by atoms with E-state index >= 15 is 0 Å². The fourth-order valence-electron chi connectivity index (χ4n) is 3.62. The van der Waals surface area contributed by atoms with Crippen molar-refractivity contribution in [3.05, 3.63) is 30.0 Å². The van der Waals surface area contributed by atoms with E-state index in [1.807, 2.05) is 42.8 Å². The van der Waals surface area contributed by atoms with Gasteiger partial charge in [-0.3, -0.25) is 4.90 Å². The van der Waals surface area contributed by atoms with Gasteiger partial charge in [-0.15, -0.1) is 0 Å². The van der Waals surface area contributed by atoms with Crippen molar-refractivity contribution < 1.29 is 13.5 Å². The van der Waals surface area contributed by atoms with E-state index in [2.05, 4.69) is 4.90 Å². The van der Waals surface area contributed by atoms with E-state index in [-0.39, 0.29) is 0 Å². The van der Waals surface area contributed by atoms with Crippen molar-refractivity contribution in [1.82, 2.24) is 13.8 Å². The lowest BCUT2D eigenvalue weighted by Crippen LogP contribution is -2.51. The molecule has 0 unspecified atom stereocenters. The molecule has 3 rings (SSSR count). The van der Waals surface area contributed by atoms with Crippen LogP contribution < -0.4 is 0 Å². The van der Waals surface area contributed by atoms with E-state index in [0.29, 0.717) is 37.6 Å². The van der Waals surface area contributed by atoms with E-state index in [4.69, 9.17) is 0 Å². The number of fused-ring (bicyclic) bond motifs is 1. The fourth-order valence-corrected chi connectivity index (χ4v) is 5.48. The van der Waals surface area contributed by atoms with Gasteiger partial charge in [0.25, 0.3) is 0 Å². The lowest BCUT2D eigenvalue weighted by molar-refractivity contribution is 0.0263. The van der Waals surface area contributed by atoms with E-state index in [0.717, 1.165) is 16.6 Å². The van der Waals surface area contributed by atoms with Gasteiger partial charge < -0.3 is 9.67 Å². The number of aromatic nitrogens is 1. The summed E-state index contributed by atoms with van der Waals surface area (Å²) in [7, 11) is -1.64. The third-order valence-corrected chi connectivity index (χ3v) is 6.96. The van der Waals surface area contributed by atoms with Gasteiger partial charge in [-0.05, 0) is 26.8 Å². The summed E-state index contributed by atoms with van der Waals surface area (Å²) in [6, 6.07) is 7.62. The second kappa shape index (κ2) is 6.39. The summed E-state index contributed by atoms with van der Waals surface area (Å²) in [5, 5.41) is 10.7. The van der Waals surface area contributed by atoms with Crippen LogP contribution in [0.3, 0.4) is 0 Å². The first-order valence-electron chi connectivity index (χ1n) is 8.60. The molecule has 1 saturated heterocycles. The van der Waals surface area contributed by atoms with Gasteiger partial charge in [-0.1, -0.05) is 18.2 Å². The number of hydrogen-bond donors (Lipinski definition) is 1. The van der Waals surface area contributed by atoms with Crippen LogP contribution in [-0.2, 0) is 17.1 Å². The second-order valence-electron chi connectivity index (χ2n) is 7.48. The maximum atomic E-state index is 13.3. The Morgan fingerprint density at radius 2 is 1.72 bits per heavy atom. The zero-order valence-corrected chi connectivity index (χ0v) is 16.2. The first kappa shape index (κ1) is 18.4. The third-order valence-electron chi connectivity index (χ3n) is 4.88. The summed E-state index contributed by atoms with van der Waals surface area (Å²) in [4.78, 5) is 2.53. The molecule has 1 aromatic heterocycles. The number of rotatable bonds is 4. The predicted octanol–water partition coefficient (Wildman–Crippen LogP) is 1.56. The number of β-amino-alcohol motifs (C(OH)–C–C–N with tert-alkyl or cyclic N) is 1. The number of benzene rings is 1. The lowest BCUT2D eigenvalue weighted by atomic mass is 10.1. The molecule has 1 N–H and O–H groups in total. The summed E-state index contributed by atoms with van der Waals surface area (Å²) in [6.45, 7) is 8.11. The molecule has 2 heterocycles. The maximum absolute atomic E-state index is 13.3. The summed E-state index contributed by atoms with van der Waals surface area (Å²) in [6.07, 6.45) is 0. The first-order valence-corrected chi connectivity index (χ1v) is 10.0. The molecular weight excluding hydrogens is 338 g/mol. The molecule has 1 aromatic carbocycles. The van der Waals surface area contributed by atoms with Gasteiger partial charge in [0.2, 0.25) is 10.0 Å². The van der Waals surface area contributed by atoms with Crippen molar-refractivity contribution in [2.75, 3.05) is 32.7 Å². The molecule has 0 bridgehead atoms. The Bertz CT molecular complexity index is 873. The molecule has 1 aliphatic heterocycles. The lowest BCUT2D eigenvalue weighted by Gasteiger charge is -2.36. The zero-order valence-electron chi connectivity index (χ0n) is 15.4. The smallest absolute Gasteiger partial charge is 0.245 e. The highest BCUT2D eigenvalue weighted by Crippen LogP contribution is 2.31. The Morgan fingerprint density at radius 1 is 1.12 bits per heavy atom. The van der Waals surface area contributed by atoms with Crippen LogP contribution in [0, 0.1) is 6.92 Å². The molecule has 1 aliphatic rings. The third kappa shape index (κ3) is 3.46.